The van der Waals surface area contributed by atoms with Crippen LogP contribution in [-0.4, -0.2) is 36.8 Å². The highest BCUT2D eigenvalue weighted by Crippen LogP contribution is 2.47. The van der Waals surface area contributed by atoms with Gasteiger partial charge in [0, 0.05) is 10.5 Å². The number of fused-ring (bicyclic) bond motifs is 1. The van der Waals surface area contributed by atoms with E-state index in [2.05, 4.69) is 4.98 Å². The first-order chi connectivity index (χ1) is 11.6. The molecule has 1 saturated heterocycles. The fourth-order valence-electron chi connectivity index (χ4n) is 2.67. The number of thioether (sulfide) groups is 2. The average Bonchev–Trinajstić information content (AvgIpc) is 3.08. The number of benzene rings is 1. The number of carbonyl (C=O) groups is 2. The zero-order valence-corrected chi connectivity index (χ0v) is 13.9. The van der Waals surface area contributed by atoms with Gasteiger partial charge in [0.1, 0.15) is 5.70 Å². The first kappa shape index (κ1) is 15.3. The van der Waals surface area contributed by atoms with Crippen molar-refractivity contribution >= 4 is 35.4 Å². The third kappa shape index (κ3) is 2.61. The van der Waals surface area contributed by atoms with Crippen LogP contribution in [0.3, 0.4) is 0 Å². The van der Waals surface area contributed by atoms with Gasteiger partial charge in [-0.2, -0.15) is 0 Å². The fourth-order valence-corrected chi connectivity index (χ4v) is 5.60. The highest BCUT2D eigenvalue weighted by atomic mass is 32.2. The van der Waals surface area contributed by atoms with Gasteiger partial charge < -0.3 is 9.52 Å². The Morgan fingerprint density at radius 3 is 2.96 bits per heavy atom. The normalized spacial score (nSPS) is 22.6. The van der Waals surface area contributed by atoms with Crippen LogP contribution in [-0.2, 0) is 9.59 Å². The Balaban J connectivity index is 1.64. The molecule has 24 heavy (non-hydrogen) atoms. The molecule has 6 nitrogen and oxygen atoms in total. The summed E-state index contributed by atoms with van der Waals surface area (Å²) >= 11 is 3.14. The van der Waals surface area contributed by atoms with E-state index in [1.54, 1.807) is 35.8 Å². The largest absolute Gasteiger partial charge is 0.477 e. The molecule has 1 fully saturated rings. The lowest BCUT2D eigenvalue weighted by Gasteiger charge is -2.44. The quantitative estimate of drug-likeness (QED) is 0.839. The molecule has 1 aromatic heterocycles. The van der Waals surface area contributed by atoms with Crippen LogP contribution in [0.2, 0.25) is 0 Å². The number of amides is 1. The van der Waals surface area contributed by atoms with Crippen LogP contribution < -0.4 is 0 Å². The molecule has 8 heteroatoms. The number of rotatable bonds is 4. The molecule has 1 amide bonds. The SMILES string of the molecule is O=C(O)C1=CC(Sc2ccccc2-c2cnco2)S[C@@H]2CC(=O)N12. The second-order valence-corrected chi connectivity index (χ2v) is 8.07. The lowest BCUT2D eigenvalue weighted by atomic mass is 10.1. The van der Waals surface area contributed by atoms with Crippen LogP contribution >= 0.6 is 23.5 Å². The number of carbonyl (C=O) groups excluding carboxylic acids is 1. The van der Waals surface area contributed by atoms with Gasteiger partial charge in [0.05, 0.1) is 22.6 Å². The van der Waals surface area contributed by atoms with E-state index in [0.717, 1.165) is 10.5 Å². The molecule has 0 saturated carbocycles. The van der Waals surface area contributed by atoms with Crippen molar-refractivity contribution in [1.82, 2.24) is 9.88 Å². The average molecular weight is 360 g/mol. The summed E-state index contributed by atoms with van der Waals surface area (Å²) in [6.45, 7) is 0. The predicted molar refractivity (Wildman–Crippen MR) is 90.1 cm³/mol. The Morgan fingerprint density at radius 2 is 2.25 bits per heavy atom. The van der Waals surface area contributed by atoms with E-state index in [4.69, 9.17) is 4.42 Å². The van der Waals surface area contributed by atoms with E-state index in [1.165, 1.54) is 11.3 Å². The molecule has 2 aromatic rings. The molecule has 2 atom stereocenters. The molecule has 3 heterocycles. The highest BCUT2D eigenvalue weighted by molar-refractivity contribution is 8.17. The smallest absolute Gasteiger partial charge is 0.352 e. The van der Waals surface area contributed by atoms with E-state index < -0.39 is 5.97 Å². The molecule has 0 bridgehead atoms. The van der Waals surface area contributed by atoms with Crippen molar-refractivity contribution in [3.05, 3.63) is 48.6 Å². The second kappa shape index (κ2) is 6.03. The molecular weight excluding hydrogens is 348 g/mol. The van der Waals surface area contributed by atoms with E-state index in [0.29, 0.717) is 12.2 Å². The summed E-state index contributed by atoms with van der Waals surface area (Å²) in [5, 5.41) is 9.27. The number of carboxylic acid groups (broad SMARTS) is 1. The van der Waals surface area contributed by atoms with Gasteiger partial charge in [0.15, 0.2) is 12.2 Å². The number of hydrogen-bond acceptors (Lipinski definition) is 6. The third-order valence-corrected chi connectivity index (χ3v) is 6.49. The van der Waals surface area contributed by atoms with Gasteiger partial charge in [0.2, 0.25) is 5.91 Å². The molecule has 2 aliphatic heterocycles. The van der Waals surface area contributed by atoms with Gasteiger partial charge >= 0.3 is 5.97 Å². The van der Waals surface area contributed by atoms with Crippen molar-refractivity contribution in [2.75, 3.05) is 0 Å². The Hall–Kier alpha value is -2.19. The standard InChI is InChI=1S/C16H12N2O4S2/c19-13-6-14-18(13)10(16(20)21)5-15(24-14)23-12-4-2-1-3-9(12)11-7-17-8-22-11/h1-5,7-8,14-15H,6H2,(H,20,21)/t14-,15?/m1/s1. The lowest BCUT2D eigenvalue weighted by molar-refractivity contribution is -0.146. The second-order valence-electron chi connectivity index (χ2n) is 5.26. The maximum atomic E-state index is 11.6. The zero-order valence-electron chi connectivity index (χ0n) is 12.3. The number of nitrogens with zero attached hydrogens (tertiary/aromatic N) is 2. The van der Waals surface area contributed by atoms with Crippen LogP contribution in [0.5, 0.6) is 0 Å². The Labute approximate surface area is 145 Å². The van der Waals surface area contributed by atoms with Crippen molar-refractivity contribution in [3.63, 3.8) is 0 Å². The molecule has 4 rings (SSSR count). The fraction of sp³-hybridized carbons (Fsp3) is 0.188. The van der Waals surface area contributed by atoms with E-state index in [1.807, 2.05) is 24.3 Å². The summed E-state index contributed by atoms with van der Waals surface area (Å²) < 4.78 is 5.29. The minimum Gasteiger partial charge on any atom is -0.477 e. The third-order valence-electron chi connectivity index (χ3n) is 3.80. The van der Waals surface area contributed by atoms with E-state index in [-0.39, 0.29) is 21.6 Å². The number of oxazole rings is 1. The van der Waals surface area contributed by atoms with Crippen LogP contribution in [0.15, 0.2) is 57.9 Å². The van der Waals surface area contributed by atoms with Crippen molar-refractivity contribution in [2.24, 2.45) is 0 Å². The summed E-state index contributed by atoms with van der Waals surface area (Å²) in [7, 11) is 0. The Morgan fingerprint density at radius 1 is 1.42 bits per heavy atom. The van der Waals surface area contributed by atoms with Crippen LogP contribution in [0.4, 0.5) is 0 Å². The van der Waals surface area contributed by atoms with Crippen LogP contribution in [0.1, 0.15) is 6.42 Å². The van der Waals surface area contributed by atoms with E-state index >= 15 is 0 Å². The highest BCUT2D eigenvalue weighted by Gasteiger charge is 2.45. The van der Waals surface area contributed by atoms with Crippen molar-refractivity contribution < 1.29 is 19.1 Å². The van der Waals surface area contributed by atoms with Gasteiger partial charge in [-0.05, 0) is 12.1 Å². The summed E-state index contributed by atoms with van der Waals surface area (Å²) in [4.78, 5) is 29.4. The summed E-state index contributed by atoms with van der Waals surface area (Å²) in [6.07, 6.45) is 5.06. The first-order valence-electron chi connectivity index (χ1n) is 7.20. The molecule has 1 N–H and O–H groups in total. The maximum absolute atomic E-state index is 11.6. The number of β-lactam (4-membered cyclic amide) rings is 1. The monoisotopic (exact) mass is 360 g/mol. The topological polar surface area (TPSA) is 83.6 Å². The molecular formula is C16H12N2O4S2. The first-order valence-corrected chi connectivity index (χ1v) is 9.03. The molecule has 2 aliphatic rings. The summed E-state index contributed by atoms with van der Waals surface area (Å²) in [5.74, 6) is -0.532. The minimum absolute atomic E-state index is 0.0737. The Bertz CT molecular complexity index is 834. The number of carboxylic acids is 1. The molecule has 0 spiro atoms. The number of aliphatic carboxylic acids is 1. The zero-order chi connectivity index (χ0) is 16.7. The Kier molecular flexibility index (Phi) is 3.85. The number of aromatic nitrogens is 1. The molecule has 0 aliphatic carbocycles. The van der Waals surface area contributed by atoms with Crippen LogP contribution in [0, 0.1) is 0 Å². The van der Waals surface area contributed by atoms with Gasteiger partial charge in [0.25, 0.3) is 0 Å². The molecule has 1 unspecified atom stereocenters. The molecule has 0 radical (unpaired) electrons. The van der Waals surface area contributed by atoms with Gasteiger partial charge in [-0.1, -0.05) is 18.2 Å². The molecule has 122 valence electrons. The predicted octanol–water partition coefficient (Wildman–Crippen LogP) is 3.03. The summed E-state index contributed by atoms with van der Waals surface area (Å²) in [6, 6.07) is 7.75. The van der Waals surface area contributed by atoms with Gasteiger partial charge in [-0.3, -0.25) is 9.69 Å². The minimum atomic E-state index is -1.07. The van der Waals surface area contributed by atoms with E-state index in [9.17, 15) is 14.7 Å². The van der Waals surface area contributed by atoms with Crippen molar-refractivity contribution in [2.45, 2.75) is 21.3 Å². The number of hydrogen-bond donors (Lipinski definition) is 1. The maximum Gasteiger partial charge on any atom is 0.352 e. The van der Waals surface area contributed by atoms with Gasteiger partial charge in [-0.25, -0.2) is 9.78 Å². The van der Waals surface area contributed by atoms with Crippen molar-refractivity contribution in [3.8, 4) is 11.3 Å². The van der Waals surface area contributed by atoms with Crippen LogP contribution in [0.25, 0.3) is 11.3 Å². The lowest BCUT2D eigenvalue weighted by Crippen LogP contribution is -2.53. The van der Waals surface area contributed by atoms with Gasteiger partial charge in [-0.15, -0.1) is 23.5 Å². The molecule has 1 aromatic carbocycles. The van der Waals surface area contributed by atoms with Crippen molar-refractivity contribution in [1.29, 1.82) is 0 Å². The summed E-state index contributed by atoms with van der Waals surface area (Å²) in [5.41, 5.74) is 0.989.